The molecule has 2 rings (SSSR count). The summed E-state index contributed by atoms with van der Waals surface area (Å²) in [5.41, 5.74) is 3.60. The fraction of sp³-hybridized carbons (Fsp3) is 0.500. The molecule has 6 heteroatoms. The van der Waals surface area contributed by atoms with E-state index in [-0.39, 0.29) is 0 Å². The van der Waals surface area contributed by atoms with Gasteiger partial charge in [0.2, 0.25) is 0 Å². The summed E-state index contributed by atoms with van der Waals surface area (Å²) in [6.45, 7) is 4.02. The minimum atomic E-state index is -0.926. The molecule has 0 spiro atoms. The summed E-state index contributed by atoms with van der Waals surface area (Å²) in [6.07, 6.45) is 0. The standard InChI is InChI=1S/C12H17F2N3O/c1-16-2-4-17(5-3-16)15-8-9-6-10(13)12(18)11(14)7-9/h6-7,15,18H,2-5,8H2,1H3. The van der Waals surface area contributed by atoms with Crippen LogP contribution in [0.3, 0.4) is 0 Å². The van der Waals surface area contributed by atoms with Crippen LogP contribution in [0.2, 0.25) is 0 Å². The van der Waals surface area contributed by atoms with Crippen LogP contribution in [0, 0.1) is 11.6 Å². The van der Waals surface area contributed by atoms with E-state index in [2.05, 4.69) is 17.4 Å². The molecule has 1 aromatic carbocycles. The highest BCUT2D eigenvalue weighted by molar-refractivity contribution is 5.29. The van der Waals surface area contributed by atoms with Gasteiger partial charge >= 0.3 is 0 Å². The van der Waals surface area contributed by atoms with E-state index in [0.29, 0.717) is 12.1 Å². The van der Waals surface area contributed by atoms with Crippen LogP contribution in [-0.4, -0.2) is 48.2 Å². The van der Waals surface area contributed by atoms with Gasteiger partial charge in [-0.2, -0.15) is 0 Å². The van der Waals surface area contributed by atoms with Gasteiger partial charge in [-0.15, -0.1) is 0 Å². The van der Waals surface area contributed by atoms with E-state index in [4.69, 9.17) is 5.11 Å². The number of hydrogen-bond donors (Lipinski definition) is 2. The van der Waals surface area contributed by atoms with Gasteiger partial charge in [0.05, 0.1) is 0 Å². The minimum Gasteiger partial charge on any atom is -0.503 e. The largest absolute Gasteiger partial charge is 0.503 e. The molecule has 1 aliphatic rings. The number of nitrogens with one attached hydrogen (secondary N) is 1. The Labute approximate surface area is 105 Å². The highest BCUT2D eigenvalue weighted by Crippen LogP contribution is 2.21. The second kappa shape index (κ2) is 5.60. The molecule has 0 aromatic heterocycles. The number of nitrogens with zero attached hydrogens (tertiary/aromatic N) is 2. The first kappa shape index (κ1) is 13.2. The third-order valence-electron chi connectivity index (χ3n) is 3.09. The Bertz CT molecular complexity index is 397. The average molecular weight is 257 g/mol. The van der Waals surface area contributed by atoms with Gasteiger partial charge in [0.25, 0.3) is 0 Å². The molecule has 1 fully saturated rings. The van der Waals surface area contributed by atoms with Crippen molar-refractivity contribution in [3.63, 3.8) is 0 Å². The molecule has 100 valence electrons. The third kappa shape index (κ3) is 3.16. The number of piperazine rings is 1. The van der Waals surface area contributed by atoms with Gasteiger partial charge in [0, 0.05) is 32.7 Å². The van der Waals surface area contributed by atoms with Crippen LogP contribution in [0.15, 0.2) is 12.1 Å². The molecule has 0 aliphatic carbocycles. The highest BCUT2D eigenvalue weighted by Gasteiger charge is 2.14. The van der Waals surface area contributed by atoms with Crippen LogP contribution in [0.5, 0.6) is 5.75 Å². The van der Waals surface area contributed by atoms with Crippen molar-refractivity contribution in [3.8, 4) is 5.75 Å². The molecule has 0 unspecified atom stereocenters. The number of aromatic hydroxyl groups is 1. The number of likely N-dealkylation sites (N-methyl/N-ethyl adjacent to an activating group) is 1. The first-order valence-electron chi connectivity index (χ1n) is 5.90. The monoisotopic (exact) mass is 257 g/mol. The van der Waals surface area contributed by atoms with Crippen molar-refractivity contribution in [2.45, 2.75) is 6.54 Å². The number of benzene rings is 1. The van der Waals surface area contributed by atoms with Gasteiger partial charge < -0.3 is 10.0 Å². The van der Waals surface area contributed by atoms with E-state index in [9.17, 15) is 8.78 Å². The maximum absolute atomic E-state index is 13.1. The van der Waals surface area contributed by atoms with Crippen molar-refractivity contribution in [3.05, 3.63) is 29.3 Å². The number of hydrogen-bond acceptors (Lipinski definition) is 4. The number of hydrazine groups is 1. The molecule has 4 nitrogen and oxygen atoms in total. The Balaban J connectivity index is 1.90. The summed E-state index contributed by atoms with van der Waals surface area (Å²) < 4.78 is 26.2. The number of rotatable bonds is 3. The summed E-state index contributed by atoms with van der Waals surface area (Å²) >= 11 is 0. The zero-order valence-corrected chi connectivity index (χ0v) is 10.3. The first-order chi connectivity index (χ1) is 8.56. The van der Waals surface area contributed by atoms with E-state index >= 15 is 0 Å². The van der Waals surface area contributed by atoms with Crippen LogP contribution in [0.1, 0.15) is 5.56 Å². The van der Waals surface area contributed by atoms with Gasteiger partial charge in [-0.25, -0.2) is 13.8 Å². The summed E-state index contributed by atoms with van der Waals surface area (Å²) in [7, 11) is 2.06. The topological polar surface area (TPSA) is 38.7 Å². The quantitative estimate of drug-likeness (QED) is 0.844. The van der Waals surface area contributed by atoms with Crippen LogP contribution in [0.25, 0.3) is 0 Å². The summed E-state index contributed by atoms with van der Waals surface area (Å²) in [6, 6.07) is 2.28. The van der Waals surface area contributed by atoms with Gasteiger partial charge in [0.1, 0.15) is 0 Å². The van der Waals surface area contributed by atoms with Gasteiger partial charge in [-0.1, -0.05) is 0 Å². The molecule has 0 atom stereocenters. The molecule has 0 bridgehead atoms. The SMILES string of the molecule is CN1CCN(NCc2cc(F)c(O)c(F)c2)CC1. The van der Waals surface area contributed by atoms with Crippen molar-refractivity contribution in [2.24, 2.45) is 0 Å². The second-order valence-electron chi connectivity index (χ2n) is 4.53. The number of phenolic OH excluding ortho intramolecular Hbond substituents is 1. The van der Waals surface area contributed by atoms with Crippen molar-refractivity contribution < 1.29 is 13.9 Å². The van der Waals surface area contributed by atoms with Gasteiger partial charge in [-0.3, -0.25) is 5.43 Å². The number of phenols is 1. The van der Waals surface area contributed by atoms with E-state index in [1.807, 2.05) is 5.01 Å². The van der Waals surface area contributed by atoms with Crippen LogP contribution >= 0.6 is 0 Å². The molecule has 2 N–H and O–H groups in total. The smallest absolute Gasteiger partial charge is 0.187 e. The molecule has 1 aliphatic heterocycles. The Kier molecular flexibility index (Phi) is 4.11. The van der Waals surface area contributed by atoms with Crippen molar-refractivity contribution in [2.75, 3.05) is 33.2 Å². The van der Waals surface area contributed by atoms with Gasteiger partial charge in [-0.05, 0) is 24.7 Å². The highest BCUT2D eigenvalue weighted by atomic mass is 19.1. The normalized spacial score (nSPS) is 18.2. The molecule has 0 radical (unpaired) electrons. The van der Waals surface area contributed by atoms with Crippen molar-refractivity contribution >= 4 is 0 Å². The summed E-state index contributed by atoms with van der Waals surface area (Å²) in [5.74, 6) is -2.77. The first-order valence-corrected chi connectivity index (χ1v) is 5.90. The maximum Gasteiger partial charge on any atom is 0.187 e. The van der Waals surface area contributed by atoms with E-state index in [0.717, 1.165) is 38.3 Å². The fourth-order valence-electron chi connectivity index (χ4n) is 1.89. The molecule has 0 amide bonds. The zero-order chi connectivity index (χ0) is 13.1. The fourth-order valence-corrected chi connectivity index (χ4v) is 1.89. The second-order valence-corrected chi connectivity index (χ2v) is 4.53. The zero-order valence-electron chi connectivity index (χ0n) is 10.3. The molecule has 18 heavy (non-hydrogen) atoms. The van der Waals surface area contributed by atoms with Crippen molar-refractivity contribution in [1.29, 1.82) is 0 Å². The lowest BCUT2D eigenvalue weighted by atomic mass is 10.2. The summed E-state index contributed by atoms with van der Waals surface area (Å²) in [5, 5.41) is 11.0. The molecule has 1 heterocycles. The Morgan fingerprint density at radius 2 is 1.72 bits per heavy atom. The van der Waals surface area contributed by atoms with Crippen LogP contribution < -0.4 is 5.43 Å². The van der Waals surface area contributed by atoms with Gasteiger partial charge in [0.15, 0.2) is 17.4 Å². The lowest BCUT2D eigenvalue weighted by Gasteiger charge is -2.32. The van der Waals surface area contributed by atoms with E-state index in [1.54, 1.807) is 0 Å². The van der Waals surface area contributed by atoms with E-state index in [1.165, 1.54) is 0 Å². The van der Waals surface area contributed by atoms with Crippen LogP contribution in [-0.2, 0) is 6.54 Å². The molecular formula is C12H17F2N3O. The molecule has 1 aromatic rings. The Hall–Kier alpha value is -1.24. The molecular weight excluding hydrogens is 240 g/mol. The molecule has 1 saturated heterocycles. The van der Waals surface area contributed by atoms with E-state index < -0.39 is 17.4 Å². The molecule has 0 saturated carbocycles. The van der Waals surface area contributed by atoms with Crippen LogP contribution in [0.4, 0.5) is 8.78 Å². The lowest BCUT2D eigenvalue weighted by molar-refractivity contribution is 0.102. The number of halogens is 2. The van der Waals surface area contributed by atoms with Crippen molar-refractivity contribution in [1.82, 2.24) is 15.3 Å². The maximum atomic E-state index is 13.1. The predicted molar refractivity (Wildman–Crippen MR) is 63.9 cm³/mol. The average Bonchev–Trinajstić information content (AvgIpc) is 2.35. The lowest BCUT2D eigenvalue weighted by Crippen LogP contribution is -2.50. The predicted octanol–water partition coefficient (Wildman–Crippen LogP) is 0.922. The summed E-state index contributed by atoms with van der Waals surface area (Å²) in [4.78, 5) is 2.22. The Morgan fingerprint density at radius 3 is 2.28 bits per heavy atom. The Morgan fingerprint density at radius 1 is 1.17 bits per heavy atom. The minimum absolute atomic E-state index is 0.345. The third-order valence-corrected chi connectivity index (χ3v) is 3.09.